The molecular weight excluding hydrogens is 162 g/mol. The van der Waals surface area contributed by atoms with Crippen molar-refractivity contribution in [2.24, 2.45) is 4.99 Å². The highest BCUT2D eigenvalue weighted by molar-refractivity contribution is 5.30. The van der Waals surface area contributed by atoms with Crippen LogP contribution in [-0.4, -0.2) is 12.8 Å². The Kier molecular flexibility index (Phi) is 5.94. The SMILES string of the molecule is C=C/C(C)=C(\N=C)OC1CC1.CC. The molecule has 2 heteroatoms. The Hall–Kier alpha value is -1.05. The van der Waals surface area contributed by atoms with Gasteiger partial charge in [-0.1, -0.05) is 26.5 Å². The van der Waals surface area contributed by atoms with E-state index < -0.39 is 0 Å². The quantitative estimate of drug-likeness (QED) is 0.370. The first-order chi connectivity index (χ1) is 6.27. The normalized spacial score (nSPS) is 16.2. The lowest BCUT2D eigenvalue weighted by Gasteiger charge is -2.04. The monoisotopic (exact) mass is 181 g/mol. The smallest absolute Gasteiger partial charge is 0.215 e. The van der Waals surface area contributed by atoms with Gasteiger partial charge in [0.25, 0.3) is 0 Å². The van der Waals surface area contributed by atoms with Gasteiger partial charge in [0.1, 0.15) is 6.10 Å². The molecule has 0 bridgehead atoms. The van der Waals surface area contributed by atoms with Gasteiger partial charge in [0.2, 0.25) is 5.88 Å². The number of hydrogen-bond donors (Lipinski definition) is 0. The minimum atomic E-state index is 0.380. The van der Waals surface area contributed by atoms with Crippen molar-refractivity contribution in [1.82, 2.24) is 0 Å². The maximum Gasteiger partial charge on any atom is 0.215 e. The third kappa shape index (κ3) is 4.51. The van der Waals surface area contributed by atoms with Crippen molar-refractivity contribution in [1.29, 1.82) is 0 Å². The van der Waals surface area contributed by atoms with Gasteiger partial charge in [-0.05, 0) is 26.5 Å². The summed E-state index contributed by atoms with van der Waals surface area (Å²) >= 11 is 0. The second-order valence-corrected chi connectivity index (χ2v) is 2.67. The van der Waals surface area contributed by atoms with Crippen LogP contribution in [0, 0.1) is 0 Å². The molecule has 0 unspecified atom stereocenters. The van der Waals surface area contributed by atoms with Gasteiger partial charge in [0.05, 0.1) is 0 Å². The van der Waals surface area contributed by atoms with Crippen LogP contribution in [0.25, 0.3) is 0 Å². The molecule has 0 heterocycles. The maximum absolute atomic E-state index is 5.44. The summed E-state index contributed by atoms with van der Waals surface area (Å²) in [5.74, 6) is 0.627. The molecule has 13 heavy (non-hydrogen) atoms. The van der Waals surface area contributed by atoms with Crippen LogP contribution < -0.4 is 0 Å². The third-order valence-electron chi connectivity index (χ3n) is 1.59. The molecule has 0 N–H and O–H groups in total. The van der Waals surface area contributed by atoms with Gasteiger partial charge in [-0.3, -0.25) is 0 Å². The van der Waals surface area contributed by atoms with Crippen molar-refractivity contribution in [3.8, 4) is 0 Å². The number of ether oxygens (including phenoxy) is 1. The highest BCUT2D eigenvalue weighted by Crippen LogP contribution is 2.27. The van der Waals surface area contributed by atoms with Crippen molar-refractivity contribution in [3.05, 3.63) is 24.1 Å². The van der Waals surface area contributed by atoms with E-state index in [0.29, 0.717) is 12.0 Å². The standard InChI is InChI=1S/C9H13NO.C2H6/c1-4-7(2)9(10-3)11-8-5-6-8;1-2/h4,8H,1,3,5-6H2,2H3;1-2H3/b9-7+;. The predicted octanol–water partition coefficient (Wildman–Crippen LogP) is 3.31. The van der Waals surface area contributed by atoms with Gasteiger partial charge >= 0.3 is 0 Å². The largest absolute Gasteiger partial charge is 0.474 e. The van der Waals surface area contributed by atoms with E-state index in [1.807, 2.05) is 20.8 Å². The van der Waals surface area contributed by atoms with Crippen molar-refractivity contribution >= 4 is 6.72 Å². The summed E-state index contributed by atoms with van der Waals surface area (Å²) in [5, 5.41) is 0. The molecule has 2 nitrogen and oxygen atoms in total. The molecule has 0 aromatic carbocycles. The Morgan fingerprint density at radius 1 is 1.46 bits per heavy atom. The molecule has 0 aromatic rings. The zero-order valence-electron chi connectivity index (χ0n) is 8.84. The van der Waals surface area contributed by atoms with Crippen molar-refractivity contribution in [2.45, 2.75) is 39.7 Å². The lowest BCUT2D eigenvalue weighted by atomic mass is 10.3. The fourth-order valence-corrected chi connectivity index (χ4v) is 0.686. The van der Waals surface area contributed by atoms with Gasteiger partial charge in [0.15, 0.2) is 0 Å². The molecule has 1 aliphatic rings. The van der Waals surface area contributed by atoms with Gasteiger partial charge < -0.3 is 4.74 Å². The second-order valence-electron chi connectivity index (χ2n) is 2.67. The summed E-state index contributed by atoms with van der Waals surface area (Å²) in [6, 6.07) is 0. The Morgan fingerprint density at radius 3 is 2.31 bits per heavy atom. The molecule has 0 amide bonds. The summed E-state index contributed by atoms with van der Waals surface area (Å²) in [6.07, 6.45) is 4.39. The molecule has 1 rings (SSSR count). The molecule has 1 saturated carbocycles. The average Bonchev–Trinajstić information content (AvgIpc) is 3.00. The highest BCUT2D eigenvalue weighted by Gasteiger charge is 2.24. The summed E-state index contributed by atoms with van der Waals surface area (Å²) in [4.78, 5) is 3.78. The zero-order valence-corrected chi connectivity index (χ0v) is 8.84. The van der Waals surface area contributed by atoms with Gasteiger partial charge in [-0.15, -0.1) is 0 Å². The van der Waals surface area contributed by atoms with Crippen molar-refractivity contribution < 1.29 is 4.74 Å². The number of rotatable bonds is 4. The van der Waals surface area contributed by atoms with E-state index in [2.05, 4.69) is 18.3 Å². The van der Waals surface area contributed by atoms with Crippen molar-refractivity contribution in [2.75, 3.05) is 0 Å². The van der Waals surface area contributed by atoms with E-state index in [4.69, 9.17) is 4.74 Å². The molecule has 0 aromatic heterocycles. The number of aliphatic imine (C=N–C) groups is 1. The molecule has 0 spiro atoms. The first-order valence-electron chi connectivity index (χ1n) is 4.74. The van der Waals surface area contributed by atoms with Crippen LogP contribution in [0.3, 0.4) is 0 Å². The number of hydrogen-bond acceptors (Lipinski definition) is 2. The summed E-state index contributed by atoms with van der Waals surface area (Å²) < 4.78 is 5.44. The molecule has 0 saturated heterocycles. The Balaban J connectivity index is 0.000000671. The van der Waals surface area contributed by atoms with Gasteiger partial charge in [0, 0.05) is 5.57 Å². The molecule has 0 aliphatic heterocycles. The first kappa shape index (κ1) is 11.9. The van der Waals surface area contributed by atoms with E-state index in [1.54, 1.807) is 6.08 Å². The van der Waals surface area contributed by atoms with Crippen LogP contribution in [0.2, 0.25) is 0 Å². The summed E-state index contributed by atoms with van der Waals surface area (Å²) in [7, 11) is 0. The summed E-state index contributed by atoms with van der Waals surface area (Å²) in [6.45, 7) is 13.0. The Labute approximate surface area is 81.0 Å². The number of nitrogens with zero attached hydrogens (tertiary/aromatic N) is 1. The first-order valence-corrected chi connectivity index (χ1v) is 4.74. The van der Waals surface area contributed by atoms with E-state index in [0.717, 1.165) is 18.4 Å². The van der Waals surface area contributed by atoms with Crippen molar-refractivity contribution in [3.63, 3.8) is 0 Å². The lowest BCUT2D eigenvalue weighted by molar-refractivity contribution is 0.193. The van der Waals surface area contributed by atoms with Gasteiger partial charge in [-0.25, -0.2) is 4.99 Å². The van der Waals surface area contributed by atoms with E-state index in [9.17, 15) is 0 Å². The molecule has 0 atom stereocenters. The Bertz CT molecular complexity index is 202. The van der Waals surface area contributed by atoms with Crippen LogP contribution in [-0.2, 0) is 4.74 Å². The van der Waals surface area contributed by atoms with E-state index in [-0.39, 0.29) is 0 Å². The van der Waals surface area contributed by atoms with Crippen LogP contribution in [0.4, 0.5) is 0 Å². The number of allylic oxidation sites excluding steroid dienone is 2. The third-order valence-corrected chi connectivity index (χ3v) is 1.59. The molecule has 74 valence electrons. The molecule has 1 aliphatic carbocycles. The van der Waals surface area contributed by atoms with E-state index >= 15 is 0 Å². The van der Waals surface area contributed by atoms with E-state index in [1.165, 1.54) is 0 Å². The lowest BCUT2D eigenvalue weighted by Crippen LogP contribution is -1.93. The molecular formula is C11H19NO. The van der Waals surface area contributed by atoms with Crippen LogP contribution in [0.5, 0.6) is 0 Å². The van der Waals surface area contributed by atoms with Gasteiger partial charge in [-0.2, -0.15) is 0 Å². The minimum Gasteiger partial charge on any atom is -0.474 e. The molecule has 0 radical (unpaired) electrons. The predicted molar refractivity (Wildman–Crippen MR) is 57.9 cm³/mol. The summed E-state index contributed by atoms with van der Waals surface area (Å²) in [5.41, 5.74) is 0.951. The second kappa shape index (κ2) is 6.46. The highest BCUT2D eigenvalue weighted by atomic mass is 16.5. The van der Waals surface area contributed by atoms with Crippen LogP contribution in [0.1, 0.15) is 33.6 Å². The zero-order chi connectivity index (χ0) is 10.3. The average molecular weight is 181 g/mol. The van der Waals surface area contributed by atoms with Crippen LogP contribution >= 0.6 is 0 Å². The molecule has 1 fully saturated rings. The maximum atomic E-state index is 5.44. The fourth-order valence-electron chi connectivity index (χ4n) is 0.686. The topological polar surface area (TPSA) is 21.6 Å². The minimum absolute atomic E-state index is 0.380. The van der Waals surface area contributed by atoms with Crippen LogP contribution in [0.15, 0.2) is 29.1 Å². The Morgan fingerprint density at radius 2 is 2.00 bits per heavy atom. The fraction of sp³-hybridized carbons (Fsp3) is 0.545.